The first-order chi connectivity index (χ1) is 13.0. The number of carbonyl (C=O) groups is 1. The molecule has 27 heavy (non-hydrogen) atoms. The topological polar surface area (TPSA) is 38.1 Å². The molecule has 3 aromatic rings. The van der Waals surface area contributed by atoms with E-state index in [9.17, 15) is 4.79 Å². The summed E-state index contributed by atoms with van der Waals surface area (Å²) >= 11 is 6.33. The zero-order valence-corrected chi connectivity index (χ0v) is 16.5. The highest BCUT2D eigenvalue weighted by Gasteiger charge is 2.35. The lowest BCUT2D eigenvalue weighted by molar-refractivity contribution is -0.117. The first-order valence-electron chi connectivity index (χ1n) is 9.54. The Hall–Kier alpha value is -2.33. The first-order valence-corrected chi connectivity index (χ1v) is 9.92. The van der Waals surface area contributed by atoms with Crippen LogP contribution in [-0.4, -0.2) is 22.0 Å². The molecule has 0 spiro atoms. The molecule has 0 saturated carbocycles. The van der Waals surface area contributed by atoms with E-state index in [4.69, 9.17) is 16.6 Å². The van der Waals surface area contributed by atoms with E-state index < -0.39 is 0 Å². The molecule has 4 rings (SSSR count). The maximum atomic E-state index is 12.7. The molecule has 5 heteroatoms. The van der Waals surface area contributed by atoms with Crippen LogP contribution in [0.3, 0.4) is 0 Å². The van der Waals surface area contributed by atoms with Gasteiger partial charge in [-0.2, -0.15) is 0 Å². The van der Waals surface area contributed by atoms with Crippen molar-refractivity contribution in [3.8, 4) is 0 Å². The quantitative estimate of drug-likeness (QED) is 0.604. The van der Waals surface area contributed by atoms with E-state index in [0.29, 0.717) is 23.9 Å². The fourth-order valence-electron chi connectivity index (χ4n) is 3.81. The number of rotatable bonds is 5. The minimum atomic E-state index is 0.0772. The number of halogens is 1. The van der Waals surface area contributed by atoms with Crippen LogP contribution >= 0.6 is 11.6 Å². The van der Waals surface area contributed by atoms with Gasteiger partial charge in [-0.15, -0.1) is 0 Å². The lowest BCUT2D eigenvalue weighted by Crippen LogP contribution is -2.24. The molecule has 0 unspecified atom stereocenters. The van der Waals surface area contributed by atoms with Crippen LogP contribution in [-0.2, 0) is 11.3 Å². The minimum Gasteiger partial charge on any atom is -0.328 e. The third kappa shape index (κ3) is 3.46. The zero-order valence-electron chi connectivity index (χ0n) is 15.7. The molecule has 1 aliphatic rings. The highest BCUT2D eigenvalue weighted by molar-refractivity contribution is 6.33. The number of fused-ring (bicyclic) bond motifs is 1. The molecule has 0 radical (unpaired) electrons. The van der Waals surface area contributed by atoms with Crippen LogP contribution in [0.15, 0.2) is 48.5 Å². The van der Waals surface area contributed by atoms with E-state index in [-0.39, 0.29) is 11.8 Å². The summed E-state index contributed by atoms with van der Waals surface area (Å²) in [6.45, 7) is 6.01. The van der Waals surface area contributed by atoms with Crippen LogP contribution in [0, 0.1) is 5.92 Å². The number of imidazole rings is 1. The molecule has 0 bridgehead atoms. The summed E-state index contributed by atoms with van der Waals surface area (Å²) in [5.41, 5.74) is 2.94. The molecule has 4 nitrogen and oxygen atoms in total. The average molecular weight is 382 g/mol. The molecule has 140 valence electrons. The van der Waals surface area contributed by atoms with Crippen molar-refractivity contribution in [2.45, 2.75) is 39.2 Å². The van der Waals surface area contributed by atoms with Gasteiger partial charge in [-0.3, -0.25) is 4.79 Å². The monoisotopic (exact) mass is 381 g/mol. The van der Waals surface area contributed by atoms with Crippen molar-refractivity contribution >= 4 is 34.2 Å². The summed E-state index contributed by atoms with van der Waals surface area (Å²) in [7, 11) is 0. The van der Waals surface area contributed by atoms with Crippen molar-refractivity contribution in [1.82, 2.24) is 9.55 Å². The minimum absolute atomic E-state index is 0.0772. The van der Waals surface area contributed by atoms with E-state index in [2.05, 4.69) is 30.5 Å². The highest BCUT2D eigenvalue weighted by Crippen LogP contribution is 2.36. The fourth-order valence-corrected chi connectivity index (χ4v) is 4.05. The van der Waals surface area contributed by atoms with Gasteiger partial charge in [0.15, 0.2) is 0 Å². The first kappa shape index (κ1) is 18.1. The second kappa shape index (κ2) is 7.35. The average Bonchev–Trinajstić information content (AvgIpc) is 3.21. The molecule has 2 heterocycles. The molecule has 1 atom stereocenters. The molecule has 0 N–H and O–H groups in total. The lowest BCUT2D eigenvalue weighted by atomic mass is 10.1. The van der Waals surface area contributed by atoms with Gasteiger partial charge < -0.3 is 9.47 Å². The number of anilines is 1. The number of hydrogen-bond acceptors (Lipinski definition) is 2. The van der Waals surface area contributed by atoms with Crippen LogP contribution in [0.1, 0.15) is 38.4 Å². The van der Waals surface area contributed by atoms with Gasteiger partial charge in [0, 0.05) is 25.4 Å². The van der Waals surface area contributed by atoms with Crippen molar-refractivity contribution < 1.29 is 4.79 Å². The Labute approximate surface area is 164 Å². The smallest absolute Gasteiger partial charge is 0.227 e. The van der Waals surface area contributed by atoms with Crippen LogP contribution in [0.5, 0.6) is 0 Å². The van der Waals surface area contributed by atoms with Crippen molar-refractivity contribution in [2.75, 3.05) is 11.4 Å². The number of benzene rings is 2. The molecule has 1 amide bonds. The van der Waals surface area contributed by atoms with Crippen LogP contribution in [0.25, 0.3) is 11.0 Å². The Kier molecular flexibility index (Phi) is 4.92. The van der Waals surface area contributed by atoms with E-state index in [1.165, 1.54) is 0 Å². The molecule has 1 fully saturated rings. The molecular formula is C22H24ClN3O. The largest absolute Gasteiger partial charge is 0.328 e. The number of aryl methyl sites for hydroxylation is 1. The zero-order chi connectivity index (χ0) is 19.0. The summed E-state index contributed by atoms with van der Waals surface area (Å²) in [5, 5.41) is 0.611. The van der Waals surface area contributed by atoms with Gasteiger partial charge in [-0.1, -0.05) is 49.7 Å². The third-order valence-corrected chi connectivity index (χ3v) is 5.57. The van der Waals surface area contributed by atoms with Crippen molar-refractivity contribution in [3.63, 3.8) is 0 Å². The Morgan fingerprint density at radius 1 is 1.15 bits per heavy atom. The highest BCUT2D eigenvalue weighted by atomic mass is 35.5. The van der Waals surface area contributed by atoms with Crippen LogP contribution < -0.4 is 4.90 Å². The number of carbonyl (C=O) groups excluding carboxylic acids is 1. The number of amides is 1. The molecule has 0 aliphatic carbocycles. The molecule has 2 aromatic carbocycles. The Morgan fingerprint density at radius 2 is 1.89 bits per heavy atom. The van der Waals surface area contributed by atoms with Gasteiger partial charge in [0.05, 0.1) is 21.7 Å². The third-order valence-electron chi connectivity index (χ3n) is 5.25. The van der Waals surface area contributed by atoms with E-state index in [0.717, 1.165) is 35.5 Å². The summed E-state index contributed by atoms with van der Waals surface area (Å²) in [5.74, 6) is 1.81. The lowest BCUT2D eigenvalue weighted by Gasteiger charge is -2.18. The number of aromatic nitrogens is 2. The van der Waals surface area contributed by atoms with Crippen molar-refractivity contribution in [3.05, 3.63) is 59.4 Å². The standard InChI is InChI=1S/C22H24ClN3O/c1-15(2)11-12-25-20-10-6-4-8-18(20)24-22(25)16-13-21(27)26(14-16)19-9-5-3-7-17(19)23/h3-10,15-16H,11-14H2,1-2H3/t16-/m0/s1. The molecule has 1 aliphatic heterocycles. The van der Waals surface area contributed by atoms with Crippen molar-refractivity contribution in [2.24, 2.45) is 5.92 Å². The van der Waals surface area contributed by atoms with Crippen molar-refractivity contribution in [1.29, 1.82) is 0 Å². The second-order valence-electron chi connectivity index (χ2n) is 7.65. The summed E-state index contributed by atoms with van der Waals surface area (Å²) in [4.78, 5) is 19.4. The van der Waals surface area contributed by atoms with E-state index in [1.807, 2.05) is 36.4 Å². The second-order valence-corrected chi connectivity index (χ2v) is 8.06. The Bertz CT molecular complexity index is 979. The van der Waals surface area contributed by atoms with Gasteiger partial charge in [0.1, 0.15) is 5.82 Å². The van der Waals surface area contributed by atoms with Gasteiger partial charge in [0.2, 0.25) is 5.91 Å². The SMILES string of the molecule is CC(C)CCn1c([C@H]2CC(=O)N(c3ccccc3Cl)C2)nc2ccccc21. The number of para-hydroxylation sites is 3. The molecule has 1 aromatic heterocycles. The Balaban J connectivity index is 1.69. The number of nitrogens with zero attached hydrogens (tertiary/aromatic N) is 3. The summed E-state index contributed by atoms with van der Waals surface area (Å²) < 4.78 is 2.31. The van der Waals surface area contributed by atoms with Gasteiger partial charge >= 0.3 is 0 Å². The molecule has 1 saturated heterocycles. The van der Waals surface area contributed by atoms with Gasteiger partial charge in [-0.25, -0.2) is 4.98 Å². The Morgan fingerprint density at radius 3 is 2.67 bits per heavy atom. The van der Waals surface area contributed by atoms with Crippen LogP contribution in [0.4, 0.5) is 5.69 Å². The fraction of sp³-hybridized carbons (Fsp3) is 0.364. The summed E-state index contributed by atoms with van der Waals surface area (Å²) in [6.07, 6.45) is 1.55. The number of hydrogen-bond donors (Lipinski definition) is 0. The van der Waals surface area contributed by atoms with E-state index in [1.54, 1.807) is 4.90 Å². The predicted octanol–water partition coefficient (Wildman–Crippen LogP) is 5.26. The van der Waals surface area contributed by atoms with E-state index >= 15 is 0 Å². The normalized spacial score (nSPS) is 17.4. The summed E-state index contributed by atoms with van der Waals surface area (Å²) in [6, 6.07) is 15.8. The van der Waals surface area contributed by atoms with Gasteiger partial charge in [0.25, 0.3) is 0 Å². The predicted molar refractivity (Wildman–Crippen MR) is 110 cm³/mol. The maximum absolute atomic E-state index is 12.7. The van der Waals surface area contributed by atoms with Crippen LogP contribution in [0.2, 0.25) is 5.02 Å². The maximum Gasteiger partial charge on any atom is 0.227 e. The molecular weight excluding hydrogens is 358 g/mol. The van der Waals surface area contributed by atoms with Gasteiger partial charge in [-0.05, 0) is 36.6 Å².